The van der Waals surface area contributed by atoms with Crippen LogP contribution in [0, 0.1) is 0 Å². The van der Waals surface area contributed by atoms with Gasteiger partial charge in [0, 0.05) is 7.05 Å². The first-order valence-corrected chi connectivity index (χ1v) is 3.37. The van der Waals surface area contributed by atoms with Gasteiger partial charge in [-0.2, -0.15) is 13.2 Å². The molecule has 0 spiro atoms. The van der Waals surface area contributed by atoms with E-state index in [0.29, 0.717) is 0 Å². The molecule has 0 unspecified atom stereocenters. The second-order valence-electron chi connectivity index (χ2n) is 2.47. The molecular weight excluding hydrogens is 187 g/mol. The van der Waals surface area contributed by atoms with E-state index in [-0.39, 0.29) is 11.6 Å². The maximum Gasteiger partial charge on any atom is 0.422 e. The number of hydrogen-bond donors (Lipinski definition) is 1. The lowest BCUT2D eigenvalue weighted by Gasteiger charge is -2.06. The van der Waals surface area contributed by atoms with Gasteiger partial charge in [0.25, 0.3) is 5.88 Å². The number of alkyl halides is 3. The van der Waals surface area contributed by atoms with Gasteiger partial charge in [0.15, 0.2) is 6.61 Å². The fourth-order valence-corrected chi connectivity index (χ4v) is 0.749. The summed E-state index contributed by atoms with van der Waals surface area (Å²) in [4.78, 5) is 0. The summed E-state index contributed by atoms with van der Waals surface area (Å²) in [7, 11) is 1.54. The zero-order chi connectivity index (χ0) is 10.1. The number of nitrogen functional groups attached to an aromatic ring is 1. The van der Waals surface area contributed by atoms with Crippen LogP contribution in [0.25, 0.3) is 0 Å². The van der Waals surface area contributed by atoms with Crippen LogP contribution in [0.3, 0.4) is 0 Å². The minimum absolute atomic E-state index is 0.0896. The molecule has 0 aromatic carbocycles. The van der Waals surface area contributed by atoms with E-state index in [2.05, 4.69) is 9.84 Å². The molecule has 0 saturated carbocycles. The topological polar surface area (TPSA) is 53.1 Å². The van der Waals surface area contributed by atoms with Gasteiger partial charge in [-0.1, -0.05) is 0 Å². The fourth-order valence-electron chi connectivity index (χ4n) is 0.749. The van der Waals surface area contributed by atoms with Crippen molar-refractivity contribution in [1.29, 1.82) is 0 Å². The number of aromatic nitrogens is 2. The van der Waals surface area contributed by atoms with Gasteiger partial charge in [0.2, 0.25) is 0 Å². The zero-order valence-corrected chi connectivity index (χ0v) is 6.80. The van der Waals surface area contributed by atoms with Gasteiger partial charge in [0.05, 0.1) is 6.20 Å². The fraction of sp³-hybridized carbons (Fsp3) is 0.500. The summed E-state index contributed by atoms with van der Waals surface area (Å²) >= 11 is 0. The Balaban J connectivity index is 2.59. The van der Waals surface area contributed by atoms with Crippen LogP contribution in [0.15, 0.2) is 6.20 Å². The lowest BCUT2D eigenvalue weighted by molar-refractivity contribution is -0.154. The van der Waals surface area contributed by atoms with Crippen LogP contribution in [0.4, 0.5) is 18.9 Å². The number of ether oxygens (including phenoxy) is 1. The van der Waals surface area contributed by atoms with Gasteiger partial charge in [-0.15, -0.1) is 5.10 Å². The summed E-state index contributed by atoms with van der Waals surface area (Å²) in [6, 6.07) is 0. The van der Waals surface area contributed by atoms with Crippen molar-refractivity contribution in [3.63, 3.8) is 0 Å². The standard InChI is InChI=1S/C6H8F3N3O/c1-12-2-4(10)5(11-12)13-3-6(7,8)9/h2H,3,10H2,1H3. The number of anilines is 1. The lowest BCUT2D eigenvalue weighted by Crippen LogP contribution is -2.19. The van der Waals surface area contributed by atoms with Crippen LogP contribution in [-0.4, -0.2) is 22.6 Å². The monoisotopic (exact) mass is 195 g/mol. The Bertz CT molecular complexity index is 294. The zero-order valence-electron chi connectivity index (χ0n) is 6.80. The SMILES string of the molecule is Cn1cc(N)c(OCC(F)(F)F)n1. The quantitative estimate of drug-likeness (QED) is 0.764. The van der Waals surface area contributed by atoms with Gasteiger partial charge in [-0.3, -0.25) is 4.68 Å². The van der Waals surface area contributed by atoms with Crippen molar-refractivity contribution >= 4 is 5.69 Å². The molecule has 1 aromatic rings. The lowest BCUT2D eigenvalue weighted by atomic mass is 10.6. The molecular formula is C6H8F3N3O. The third kappa shape index (κ3) is 2.85. The van der Waals surface area contributed by atoms with Crippen molar-refractivity contribution in [2.75, 3.05) is 12.3 Å². The Labute approximate surface area is 72.1 Å². The smallest absolute Gasteiger partial charge is 0.422 e. The van der Waals surface area contributed by atoms with Crippen LogP contribution in [0.5, 0.6) is 5.88 Å². The number of aryl methyl sites for hydroxylation is 1. The molecule has 1 heterocycles. The maximum atomic E-state index is 11.7. The van der Waals surface area contributed by atoms with E-state index in [1.807, 2.05) is 0 Å². The van der Waals surface area contributed by atoms with Crippen molar-refractivity contribution in [1.82, 2.24) is 9.78 Å². The van der Waals surface area contributed by atoms with Crippen LogP contribution >= 0.6 is 0 Å². The van der Waals surface area contributed by atoms with Crippen molar-refractivity contribution < 1.29 is 17.9 Å². The molecule has 1 rings (SSSR count). The average molecular weight is 195 g/mol. The second-order valence-corrected chi connectivity index (χ2v) is 2.47. The first kappa shape index (κ1) is 9.69. The Kier molecular flexibility index (Phi) is 2.35. The Morgan fingerprint density at radius 1 is 1.62 bits per heavy atom. The van der Waals surface area contributed by atoms with Gasteiger partial charge >= 0.3 is 6.18 Å². The van der Waals surface area contributed by atoms with Crippen LogP contribution in [-0.2, 0) is 7.05 Å². The van der Waals surface area contributed by atoms with Crippen molar-refractivity contribution in [2.24, 2.45) is 7.05 Å². The molecule has 0 amide bonds. The average Bonchev–Trinajstić information content (AvgIpc) is 2.24. The summed E-state index contributed by atoms with van der Waals surface area (Å²) in [6.07, 6.45) is -3.00. The van der Waals surface area contributed by atoms with E-state index >= 15 is 0 Å². The van der Waals surface area contributed by atoms with E-state index in [1.54, 1.807) is 0 Å². The first-order valence-electron chi connectivity index (χ1n) is 3.37. The minimum Gasteiger partial charge on any atom is -0.466 e. The molecule has 0 fully saturated rings. The minimum atomic E-state index is -4.37. The molecule has 0 aliphatic carbocycles. The highest BCUT2D eigenvalue weighted by atomic mass is 19.4. The predicted molar refractivity (Wildman–Crippen MR) is 39.2 cm³/mol. The maximum absolute atomic E-state index is 11.7. The van der Waals surface area contributed by atoms with E-state index in [0.717, 1.165) is 0 Å². The largest absolute Gasteiger partial charge is 0.466 e. The molecule has 0 aliphatic rings. The number of nitrogens with zero attached hydrogens (tertiary/aromatic N) is 2. The molecule has 2 N–H and O–H groups in total. The first-order chi connectivity index (χ1) is 5.88. The van der Waals surface area contributed by atoms with Crippen molar-refractivity contribution in [3.8, 4) is 5.88 Å². The van der Waals surface area contributed by atoms with Gasteiger partial charge < -0.3 is 10.5 Å². The van der Waals surface area contributed by atoms with E-state index < -0.39 is 12.8 Å². The summed E-state index contributed by atoms with van der Waals surface area (Å²) in [6.45, 7) is -1.38. The number of rotatable bonds is 2. The highest BCUT2D eigenvalue weighted by Gasteiger charge is 2.29. The summed E-state index contributed by atoms with van der Waals surface area (Å²) < 4.78 is 40.7. The number of nitrogens with two attached hydrogens (primary N) is 1. The predicted octanol–water partition coefficient (Wildman–Crippen LogP) is 0.943. The molecule has 74 valence electrons. The number of hydrogen-bond acceptors (Lipinski definition) is 3. The van der Waals surface area contributed by atoms with Crippen molar-refractivity contribution in [2.45, 2.75) is 6.18 Å². The van der Waals surface area contributed by atoms with Crippen LogP contribution in [0.1, 0.15) is 0 Å². The highest BCUT2D eigenvalue weighted by molar-refractivity contribution is 5.45. The molecule has 0 radical (unpaired) electrons. The van der Waals surface area contributed by atoms with Crippen LogP contribution in [0.2, 0.25) is 0 Å². The molecule has 7 heteroatoms. The Morgan fingerprint density at radius 2 is 2.23 bits per heavy atom. The van der Waals surface area contributed by atoms with Gasteiger partial charge in [0.1, 0.15) is 5.69 Å². The molecule has 13 heavy (non-hydrogen) atoms. The van der Waals surface area contributed by atoms with Gasteiger partial charge in [-0.05, 0) is 0 Å². The second kappa shape index (κ2) is 3.15. The molecule has 0 bridgehead atoms. The third-order valence-corrected chi connectivity index (χ3v) is 1.19. The number of halogens is 3. The van der Waals surface area contributed by atoms with Crippen molar-refractivity contribution in [3.05, 3.63) is 6.20 Å². The summed E-state index contributed by atoms with van der Waals surface area (Å²) in [5.41, 5.74) is 5.38. The molecule has 1 aromatic heterocycles. The van der Waals surface area contributed by atoms with E-state index in [4.69, 9.17) is 5.73 Å². The van der Waals surface area contributed by atoms with Gasteiger partial charge in [-0.25, -0.2) is 0 Å². The molecule has 4 nitrogen and oxygen atoms in total. The molecule has 0 aliphatic heterocycles. The van der Waals surface area contributed by atoms with E-state index in [9.17, 15) is 13.2 Å². The van der Waals surface area contributed by atoms with E-state index in [1.165, 1.54) is 17.9 Å². The highest BCUT2D eigenvalue weighted by Crippen LogP contribution is 2.21. The Hall–Kier alpha value is -1.40. The normalized spacial score (nSPS) is 11.7. The molecule has 0 saturated heterocycles. The third-order valence-electron chi connectivity index (χ3n) is 1.19. The Morgan fingerprint density at radius 3 is 2.62 bits per heavy atom. The molecule has 0 atom stereocenters. The summed E-state index contributed by atoms with van der Waals surface area (Å²) in [5, 5.41) is 3.58. The summed E-state index contributed by atoms with van der Waals surface area (Å²) in [5.74, 6) is -0.195. The van der Waals surface area contributed by atoms with Crippen LogP contribution < -0.4 is 10.5 Å².